The molecule has 1 atom stereocenters. The number of anilines is 2. The molecule has 20 heavy (non-hydrogen) atoms. The predicted octanol–water partition coefficient (Wildman–Crippen LogP) is 4.42. The Balaban J connectivity index is 2.33. The normalized spacial score (nSPS) is 12.6. The second kappa shape index (κ2) is 6.88. The van der Waals surface area contributed by atoms with Crippen LogP contribution in [0.3, 0.4) is 0 Å². The zero-order chi connectivity index (χ0) is 14.5. The van der Waals surface area contributed by atoms with Crippen molar-refractivity contribution in [3.05, 3.63) is 10.9 Å². The van der Waals surface area contributed by atoms with Crippen LogP contribution in [0.25, 0.3) is 10.2 Å². The lowest BCUT2D eigenvalue weighted by Gasteiger charge is -2.15. The molecule has 0 aliphatic heterocycles. The van der Waals surface area contributed by atoms with Gasteiger partial charge in [0, 0.05) is 17.5 Å². The van der Waals surface area contributed by atoms with E-state index in [1.807, 2.05) is 0 Å². The molecule has 4 nitrogen and oxygen atoms in total. The molecule has 0 aromatic carbocycles. The Hall–Kier alpha value is -1.36. The number of aromatic nitrogens is 2. The maximum atomic E-state index is 4.65. The van der Waals surface area contributed by atoms with Crippen LogP contribution in [0, 0.1) is 6.92 Å². The first kappa shape index (κ1) is 15.0. The largest absolute Gasteiger partial charge is 0.367 e. The van der Waals surface area contributed by atoms with Crippen molar-refractivity contribution in [1.29, 1.82) is 0 Å². The standard InChI is InChI=1S/C15H24N4S/c1-5-7-10(3)17-13-12-9-11(4)20-14(12)19-15(18-13)16-8-6-2/h9-10H,5-8H2,1-4H3,(H2,16,17,18,19). The van der Waals surface area contributed by atoms with Crippen LogP contribution in [-0.4, -0.2) is 22.6 Å². The zero-order valence-electron chi connectivity index (χ0n) is 12.8. The highest BCUT2D eigenvalue weighted by molar-refractivity contribution is 7.18. The predicted molar refractivity (Wildman–Crippen MR) is 88.9 cm³/mol. The van der Waals surface area contributed by atoms with E-state index in [2.05, 4.69) is 54.4 Å². The van der Waals surface area contributed by atoms with Crippen molar-refractivity contribution in [2.75, 3.05) is 17.2 Å². The minimum atomic E-state index is 0.428. The summed E-state index contributed by atoms with van der Waals surface area (Å²) in [5.74, 6) is 1.69. The van der Waals surface area contributed by atoms with Gasteiger partial charge in [0.25, 0.3) is 0 Å². The second-order valence-corrected chi connectivity index (χ2v) is 6.47. The minimum absolute atomic E-state index is 0.428. The van der Waals surface area contributed by atoms with Crippen LogP contribution in [0.2, 0.25) is 0 Å². The van der Waals surface area contributed by atoms with E-state index in [4.69, 9.17) is 0 Å². The molecule has 2 aromatic heterocycles. The van der Waals surface area contributed by atoms with E-state index in [9.17, 15) is 0 Å². The molecule has 2 rings (SSSR count). The van der Waals surface area contributed by atoms with Crippen molar-refractivity contribution in [3.8, 4) is 0 Å². The van der Waals surface area contributed by atoms with Crippen molar-refractivity contribution in [3.63, 3.8) is 0 Å². The summed E-state index contributed by atoms with van der Waals surface area (Å²) in [5, 5.41) is 7.95. The summed E-state index contributed by atoms with van der Waals surface area (Å²) < 4.78 is 0. The molecule has 2 heterocycles. The van der Waals surface area contributed by atoms with Crippen LogP contribution < -0.4 is 10.6 Å². The fraction of sp³-hybridized carbons (Fsp3) is 0.600. The fourth-order valence-corrected chi connectivity index (χ4v) is 3.09. The van der Waals surface area contributed by atoms with E-state index in [0.29, 0.717) is 6.04 Å². The summed E-state index contributed by atoms with van der Waals surface area (Å²) in [6, 6.07) is 2.60. The van der Waals surface area contributed by atoms with Gasteiger partial charge in [0.2, 0.25) is 5.95 Å². The summed E-state index contributed by atoms with van der Waals surface area (Å²) in [5.41, 5.74) is 0. The summed E-state index contributed by atoms with van der Waals surface area (Å²) in [6.07, 6.45) is 3.39. The number of hydrogen-bond acceptors (Lipinski definition) is 5. The lowest BCUT2D eigenvalue weighted by molar-refractivity contribution is 0.688. The molecule has 0 saturated heterocycles. The molecule has 1 unspecified atom stereocenters. The van der Waals surface area contributed by atoms with E-state index in [-0.39, 0.29) is 0 Å². The molecule has 0 bridgehead atoms. The molecule has 0 fully saturated rings. The maximum absolute atomic E-state index is 4.65. The van der Waals surface area contributed by atoms with E-state index in [0.717, 1.165) is 41.4 Å². The molecular formula is C15H24N4S. The van der Waals surface area contributed by atoms with Crippen molar-refractivity contribution >= 4 is 33.3 Å². The van der Waals surface area contributed by atoms with E-state index < -0.39 is 0 Å². The van der Waals surface area contributed by atoms with Crippen LogP contribution in [0.5, 0.6) is 0 Å². The van der Waals surface area contributed by atoms with E-state index in [1.54, 1.807) is 11.3 Å². The Morgan fingerprint density at radius 2 is 2.05 bits per heavy atom. The van der Waals surface area contributed by atoms with Gasteiger partial charge in [0.15, 0.2) is 0 Å². The molecule has 0 spiro atoms. The average molecular weight is 292 g/mol. The lowest BCUT2D eigenvalue weighted by Crippen LogP contribution is -2.16. The number of nitrogens with zero attached hydrogens (tertiary/aromatic N) is 2. The Bertz CT molecular complexity index is 564. The number of hydrogen-bond donors (Lipinski definition) is 2. The van der Waals surface area contributed by atoms with Gasteiger partial charge < -0.3 is 10.6 Å². The quantitative estimate of drug-likeness (QED) is 0.793. The number of nitrogens with one attached hydrogen (secondary N) is 2. The Morgan fingerprint density at radius 3 is 2.75 bits per heavy atom. The number of fused-ring (bicyclic) bond motifs is 1. The molecule has 0 saturated carbocycles. The SMILES string of the molecule is CCCNc1nc(NC(C)CCC)c2cc(C)sc2n1. The highest BCUT2D eigenvalue weighted by Gasteiger charge is 2.12. The van der Waals surface area contributed by atoms with Gasteiger partial charge in [0.1, 0.15) is 10.6 Å². The number of rotatable bonds is 7. The fourth-order valence-electron chi connectivity index (χ4n) is 2.21. The first-order valence-electron chi connectivity index (χ1n) is 7.42. The third-order valence-corrected chi connectivity index (χ3v) is 4.10. The van der Waals surface area contributed by atoms with Crippen molar-refractivity contribution in [2.24, 2.45) is 0 Å². The van der Waals surface area contributed by atoms with Crippen molar-refractivity contribution < 1.29 is 0 Å². The Labute approximate surface area is 125 Å². The van der Waals surface area contributed by atoms with Gasteiger partial charge in [-0.05, 0) is 32.8 Å². The van der Waals surface area contributed by atoms with E-state index >= 15 is 0 Å². The molecule has 5 heteroatoms. The van der Waals surface area contributed by atoms with Crippen LogP contribution in [0.4, 0.5) is 11.8 Å². The molecule has 2 aromatic rings. The van der Waals surface area contributed by atoms with Crippen LogP contribution in [0.1, 0.15) is 44.9 Å². The summed E-state index contributed by atoms with van der Waals surface area (Å²) in [6.45, 7) is 9.57. The van der Waals surface area contributed by atoms with Gasteiger partial charge in [0.05, 0.1) is 5.39 Å². The topological polar surface area (TPSA) is 49.8 Å². The molecule has 0 aliphatic rings. The summed E-state index contributed by atoms with van der Waals surface area (Å²) >= 11 is 1.72. The van der Waals surface area contributed by atoms with Gasteiger partial charge in [-0.1, -0.05) is 20.3 Å². The molecule has 0 aliphatic carbocycles. The van der Waals surface area contributed by atoms with E-state index in [1.165, 1.54) is 11.3 Å². The van der Waals surface area contributed by atoms with Crippen LogP contribution in [-0.2, 0) is 0 Å². The number of thiophene rings is 1. The van der Waals surface area contributed by atoms with Crippen molar-refractivity contribution in [1.82, 2.24) is 9.97 Å². The first-order chi connectivity index (χ1) is 9.63. The molecular weight excluding hydrogens is 268 g/mol. The first-order valence-corrected chi connectivity index (χ1v) is 8.24. The average Bonchev–Trinajstić information content (AvgIpc) is 2.77. The van der Waals surface area contributed by atoms with Crippen LogP contribution in [0.15, 0.2) is 6.07 Å². The van der Waals surface area contributed by atoms with Gasteiger partial charge in [-0.2, -0.15) is 4.98 Å². The number of aryl methyl sites for hydroxylation is 1. The lowest BCUT2D eigenvalue weighted by atomic mass is 10.2. The highest BCUT2D eigenvalue weighted by Crippen LogP contribution is 2.30. The molecule has 110 valence electrons. The van der Waals surface area contributed by atoms with Gasteiger partial charge in [-0.15, -0.1) is 11.3 Å². The molecule has 0 amide bonds. The molecule has 2 N–H and O–H groups in total. The third kappa shape index (κ3) is 3.60. The smallest absolute Gasteiger partial charge is 0.226 e. The van der Waals surface area contributed by atoms with Gasteiger partial charge >= 0.3 is 0 Å². The summed E-state index contributed by atoms with van der Waals surface area (Å²) in [7, 11) is 0. The summed E-state index contributed by atoms with van der Waals surface area (Å²) in [4.78, 5) is 11.6. The zero-order valence-corrected chi connectivity index (χ0v) is 13.6. The monoisotopic (exact) mass is 292 g/mol. The minimum Gasteiger partial charge on any atom is -0.367 e. The highest BCUT2D eigenvalue weighted by atomic mass is 32.1. The Morgan fingerprint density at radius 1 is 1.25 bits per heavy atom. The van der Waals surface area contributed by atoms with Gasteiger partial charge in [-0.3, -0.25) is 0 Å². The van der Waals surface area contributed by atoms with Crippen LogP contribution >= 0.6 is 11.3 Å². The third-order valence-electron chi connectivity index (χ3n) is 3.15. The molecule has 0 radical (unpaired) electrons. The van der Waals surface area contributed by atoms with Gasteiger partial charge in [-0.25, -0.2) is 4.98 Å². The second-order valence-electron chi connectivity index (χ2n) is 5.23. The van der Waals surface area contributed by atoms with Crippen molar-refractivity contribution in [2.45, 2.75) is 53.0 Å². The Kier molecular flexibility index (Phi) is 5.17. The maximum Gasteiger partial charge on any atom is 0.226 e.